The van der Waals surface area contributed by atoms with Crippen LogP contribution < -0.4 is 0 Å². The van der Waals surface area contributed by atoms with Gasteiger partial charge in [0.1, 0.15) is 0 Å². The summed E-state index contributed by atoms with van der Waals surface area (Å²) in [6, 6.07) is 26.8. The normalized spacial score (nSPS) is 16.1. The van der Waals surface area contributed by atoms with E-state index in [-0.39, 0.29) is 0 Å². The molecule has 0 bridgehead atoms. The molecule has 0 radical (unpaired) electrons. The van der Waals surface area contributed by atoms with E-state index in [0.29, 0.717) is 3.92 Å². The largest absolute Gasteiger partial charge is 0.135 e. The van der Waals surface area contributed by atoms with Crippen molar-refractivity contribution in [3.8, 4) is 11.1 Å². The van der Waals surface area contributed by atoms with Crippen molar-refractivity contribution in [2.75, 3.05) is 0 Å². The molecule has 1 aliphatic carbocycles. The van der Waals surface area contributed by atoms with Gasteiger partial charge in [-0.3, -0.25) is 0 Å². The molecule has 6 rings (SSSR count). The number of benzene rings is 4. The number of hydrogen-bond donors (Lipinski definition) is 0. The average Bonchev–Trinajstić information content (AvgIpc) is 3.07. The van der Waals surface area contributed by atoms with Gasteiger partial charge in [-0.15, -0.1) is 11.3 Å². The van der Waals surface area contributed by atoms with Gasteiger partial charge in [0.2, 0.25) is 0 Å². The number of rotatable bonds is 0. The lowest BCUT2D eigenvalue weighted by Crippen LogP contribution is -2.07. The maximum atomic E-state index is 2.66. The Bertz CT molecular complexity index is 1330. The summed E-state index contributed by atoms with van der Waals surface area (Å²) in [7, 11) is 0. The Morgan fingerprint density at radius 1 is 0.769 bits per heavy atom. The second kappa shape index (κ2) is 5.54. The summed E-state index contributed by atoms with van der Waals surface area (Å²) in [6.45, 7) is 0. The number of halogens is 1. The third-order valence-electron chi connectivity index (χ3n) is 5.57. The zero-order valence-corrected chi connectivity index (χ0v) is 17.0. The van der Waals surface area contributed by atoms with E-state index in [1.807, 2.05) is 11.3 Å². The Morgan fingerprint density at radius 2 is 1.46 bits per heavy atom. The summed E-state index contributed by atoms with van der Waals surface area (Å²) < 4.78 is 3.38. The van der Waals surface area contributed by atoms with Gasteiger partial charge in [-0.2, -0.15) is 0 Å². The van der Waals surface area contributed by atoms with E-state index < -0.39 is 0 Å². The highest BCUT2D eigenvalue weighted by molar-refractivity contribution is 14.1. The van der Waals surface area contributed by atoms with E-state index in [4.69, 9.17) is 0 Å². The average molecular weight is 462 g/mol. The third kappa shape index (κ3) is 1.94. The van der Waals surface area contributed by atoms with E-state index in [9.17, 15) is 0 Å². The van der Waals surface area contributed by atoms with Crippen LogP contribution in [0.4, 0.5) is 0 Å². The number of thiophene rings is 1. The molecule has 1 unspecified atom stereocenters. The molecule has 4 aromatic carbocycles. The standard InChI is InChI=1S/C24H15IS/c25-19-13-14-7-1-2-8-15(14)21-16-9-3-4-10-17(16)22-18-11-5-6-12-20(18)26-24(22)23(19)21/h1-12,19H,13H2. The molecule has 5 aromatic rings. The van der Waals surface area contributed by atoms with E-state index in [0.717, 1.165) is 6.42 Å². The summed E-state index contributed by atoms with van der Waals surface area (Å²) in [5.41, 5.74) is 5.90. The molecule has 0 saturated carbocycles. The molecule has 2 heteroatoms. The molecule has 0 amide bonds. The number of alkyl halides is 1. The molecule has 0 saturated heterocycles. The van der Waals surface area contributed by atoms with Gasteiger partial charge < -0.3 is 0 Å². The van der Waals surface area contributed by atoms with Crippen LogP contribution in [0.1, 0.15) is 15.1 Å². The maximum absolute atomic E-state index is 2.66. The Morgan fingerprint density at radius 3 is 2.35 bits per heavy atom. The fourth-order valence-electron chi connectivity index (χ4n) is 4.51. The summed E-state index contributed by atoms with van der Waals surface area (Å²) in [5.74, 6) is 0. The molecule has 0 nitrogen and oxygen atoms in total. The molecule has 124 valence electrons. The van der Waals surface area contributed by atoms with Crippen LogP contribution in [0.3, 0.4) is 0 Å². The first-order valence-corrected chi connectivity index (χ1v) is 11.0. The van der Waals surface area contributed by atoms with Gasteiger partial charge in [0.05, 0.1) is 0 Å². The third-order valence-corrected chi connectivity index (χ3v) is 7.84. The minimum Gasteiger partial charge on any atom is -0.135 e. The zero-order chi connectivity index (χ0) is 17.3. The van der Waals surface area contributed by atoms with Gasteiger partial charge >= 0.3 is 0 Å². The van der Waals surface area contributed by atoms with Crippen LogP contribution in [-0.4, -0.2) is 0 Å². The van der Waals surface area contributed by atoms with Gasteiger partial charge in [0.15, 0.2) is 0 Å². The second-order valence-corrected chi connectivity index (χ2v) is 9.52. The van der Waals surface area contributed by atoms with Crippen molar-refractivity contribution in [1.82, 2.24) is 0 Å². The maximum Gasteiger partial charge on any atom is 0.0420 e. The summed E-state index contributed by atoms with van der Waals surface area (Å²) >= 11 is 4.62. The molecule has 1 heterocycles. The monoisotopic (exact) mass is 462 g/mol. The van der Waals surface area contributed by atoms with Crippen molar-refractivity contribution in [2.24, 2.45) is 0 Å². The van der Waals surface area contributed by atoms with Crippen LogP contribution in [0.25, 0.3) is 42.1 Å². The van der Waals surface area contributed by atoms with Crippen molar-refractivity contribution >= 4 is 64.9 Å². The van der Waals surface area contributed by atoms with Crippen LogP contribution >= 0.6 is 33.9 Å². The van der Waals surface area contributed by atoms with E-state index in [2.05, 4.69) is 95.4 Å². The minimum absolute atomic E-state index is 0.512. The van der Waals surface area contributed by atoms with Crippen molar-refractivity contribution in [3.63, 3.8) is 0 Å². The lowest BCUT2D eigenvalue weighted by atomic mass is 9.81. The lowest BCUT2D eigenvalue weighted by Gasteiger charge is -2.26. The molecular weight excluding hydrogens is 447 g/mol. The molecule has 26 heavy (non-hydrogen) atoms. The highest BCUT2D eigenvalue weighted by Crippen LogP contribution is 2.53. The summed E-state index contributed by atoms with van der Waals surface area (Å²) in [5, 5.41) is 5.63. The topological polar surface area (TPSA) is 0 Å². The van der Waals surface area contributed by atoms with Crippen LogP contribution in [-0.2, 0) is 6.42 Å². The fraction of sp³-hybridized carbons (Fsp3) is 0.0833. The van der Waals surface area contributed by atoms with Crippen LogP contribution in [0, 0.1) is 0 Å². The lowest BCUT2D eigenvalue weighted by molar-refractivity contribution is 0.961. The molecular formula is C24H15IS. The second-order valence-electron chi connectivity index (χ2n) is 6.97. The molecule has 1 atom stereocenters. The molecule has 0 aliphatic heterocycles. The van der Waals surface area contributed by atoms with Crippen LogP contribution in [0.5, 0.6) is 0 Å². The molecule has 1 aromatic heterocycles. The molecule has 0 spiro atoms. The van der Waals surface area contributed by atoms with Crippen molar-refractivity contribution in [2.45, 2.75) is 10.3 Å². The van der Waals surface area contributed by atoms with Crippen molar-refractivity contribution in [1.29, 1.82) is 0 Å². The van der Waals surface area contributed by atoms with Gasteiger partial charge in [0.25, 0.3) is 0 Å². The smallest absolute Gasteiger partial charge is 0.0420 e. The molecule has 1 aliphatic rings. The van der Waals surface area contributed by atoms with Gasteiger partial charge in [0, 0.05) is 24.1 Å². The van der Waals surface area contributed by atoms with Gasteiger partial charge in [-0.05, 0) is 45.5 Å². The first-order chi connectivity index (χ1) is 12.8. The van der Waals surface area contributed by atoms with Crippen LogP contribution in [0.2, 0.25) is 0 Å². The highest BCUT2D eigenvalue weighted by atomic mass is 127. The Hall–Kier alpha value is -1.91. The quantitative estimate of drug-likeness (QED) is 0.162. The Labute approximate surface area is 169 Å². The van der Waals surface area contributed by atoms with Crippen LogP contribution in [0.15, 0.2) is 72.8 Å². The predicted octanol–water partition coefficient (Wildman–Crippen LogP) is 7.91. The Kier molecular flexibility index (Phi) is 3.24. The van der Waals surface area contributed by atoms with Crippen molar-refractivity contribution < 1.29 is 0 Å². The molecule has 0 fully saturated rings. The minimum atomic E-state index is 0.512. The van der Waals surface area contributed by atoms with Crippen molar-refractivity contribution in [3.05, 3.63) is 83.9 Å². The fourth-order valence-corrected chi connectivity index (χ4v) is 7.14. The number of fused-ring (bicyclic) bond motifs is 10. The van der Waals surface area contributed by atoms with E-state index in [1.165, 1.54) is 47.6 Å². The van der Waals surface area contributed by atoms with E-state index in [1.54, 1.807) is 5.56 Å². The Balaban J connectivity index is 1.94. The zero-order valence-electron chi connectivity index (χ0n) is 14.0. The predicted molar refractivity (Wildman–Crippen MR) is 123 cm³/mol. The SMILES string of the molecule is IC1Cc2ccccc2-c2c1c1sc3ccccc3c1c1ccccc21. The van der Waals surface area contributed by atoms with E-state index >= 15 is 0 Å². The highest BCUT2D eigenvalue weighted by Gasteiger charge is 2.28. The molecule has 0 N–H and O–H groups in total. The summed E-state index contributed by atoms with van der Waals surface area (Å²) in [6.07, 6.45) is 1.12. The first-order valence-electron chi connectivity index (χ1n) is 8.91. The first kappa shape index (κ1) is 15.2. The number of hydrogen-bond acceptors (Lipinski definition) is 1. The summed E-state index contributed by atoms with van der Waals surface area (Å²) in [4.78, 5) is 0. The van der Waals surface area contributed by atoms with Gasteiger partial charge in [-0.1, -0.05) is 89.3 Å². The van der Waals surface area contributed by atoms with Gasteiger partial charge in [-0.25, -0.2) is 0 Å².